The number of halogens is 7. The maximum absolute atomic E-state index is 6.24. The van der Waals surface area contributed by atoms with Gasteiger partial charge in [0.25, 0.3) is 0 Å². The molecule has 0 heterocycles. The molecule has 0 radical (unpaired) electrons. The SMILES string of the molecule is CCCCCCCCCOC(CBr)COc1c(Br)cc(C(C)(C)c2cc(Br)c(OCC(Br)CBr)c(Br)c2)cc1Br. The average molecular weight is 1010 g/mol. The summed E-state index contributed by atoms with van der Waals surface area (Å²) in [5, 5.41) is 1.56. The van der Waals surface area contributed by atoms with E-state index in [1.54, 1.807) is 0 Å². The molecule has 40 heavy (non-hydrogen) atoms. The van der Waals surface area contributed by atoms with Crippen LogP contribution in [0, 0.1) is 0 Å². The molecule has 3 nitrogen and oxygen atoms in total. The van der Waals surface area contributed by atoms with E-state index in [4.69, 9.17) is 14.2 Å². The second-order valence-corrected chi connectivity index (χ2v) is 16.3. The van der Waals surface area contributed by atoms with E-state index in [-0.39, 0.29) is 16.3 Å². The number of unbranched alkanes of at least 4 members (excludes halogenated alkanes) is 6. The van der Waals surface area contributed by atoms with Crippen molar-refractivity contribution in [2.45, 2.75) is 82.1 Å². The van der Waals surface area contributed by atoms with Crippen LogP contribution in [-0.2, 0) is 10.2 Å². The van der Waals surface area contributed by atoms with Gasteiger partial charge in [-0.15, -0.1) is 0 Å². The summed E-state index contributed by atoms with van der Waals surface area (Å²) in [6.45, 7) is 8.50. The van der Waals surface area contributed by atoms with Gasteiger partial charge in [0.2, 0.25) is 0 Å². The van der Waals surface area contributed by atoms with Crippen molar-refractivity contribution in [2.75, 3.05) is 30.5 Å². The van der Waals surface area contributed by atoms with Gasteiger partial charge in [0, 0.05) is 22.7 Å². The van der Waals surface area contributed by atoms with Crippen LogP contribution in [-0.4, -0.2) is 41.4 Å². The Bertz CT molecular complexity index is 1000. The summed E-state index contributed by atoms with van der Waals surface area (Å²) < 4.78 is 22.0. The van der Waals surface area contributed by atoms with Crippen LogP contribution in [0.1, 0.15) is 76.8 Å². The number of hydrogen-bond donors (Lipinski definition) is 0. The van der Waals surface area contributed by atoms with Gasteiger partial charge in [-0.05, 0) is 106 Å². The molecule has 2 aromatic carbocycles. The summed E-state index contributed by atoms with van der Waals surface area (Å²) in [7, 11) is 0. The lowest BCUT2D eigenvalue weighted by molar-refractivity contribution is 0.0335. The molecular weight excluding hydrogens is 968 g/mol. The van der Waals surface area contributed by atoms with Crippen molar-refractivity contribution in [3.8, 4) is 11.5 Å². The van der Waals surface area contributed by atoms with Crippen molar-refractivity contribution in [2.24, 2.45) is 0 Å². The molecule has 0 fully saturated rings. The van der Waals surface area contributed by atoms with Crippen LogP contribution in [0.25, 0.3) is 0 Å². The molecule has 0 aliphatic heterocycles. The fourth-order valence-corrected chi connectivity index (χ4v) is 7.65. The Labute approximate surface area is 299 Å². The zero-order chi connectivity index (χ0) is 29.7. The van der Waals surface area contributed by atoms with Gasteiger partial charge in [0.1, 0.15) is 30.8 Å². The summed E-state index contributed by atoms with van der Waals surface area (Å²) >= 11 is 25.6. The van der Waals surface area contributed by atoms with Crippen molar-refractivity contribution in [3.63, 3.8) is 0 Å². The highest BCUT2D eigenvalue weighted by molar-refractivity contribution is 9.12. The van der Waals surface area contributed by atoms with Crippen LogP contribution >= 0.6 is 112 Å². The Morgan fingerprint density at radius 3 is 1.57 bits per heavy atom. The van der Waals surface area contributed by atoms with Crippen molar-refractivity contribution >= 4 is 112 Å². The van der Waals surface area contributed by atoms with Gasteiger partial charge in [-0.3, -0.25) is 0 Å². The highest BCUT2D eigenvalue weighted by atomic mass is 79.9. The molecule has 2 atom stereocenters. The van der Waals surface area contributed by atoms with Gasteiger partial charge < -0.3 is 14.2 Å². The number of rotatable bonds is 19. The van der Waals surface area contributed by atoms with E-state index in [9.17, 15) is 0 Å². The number of benzene rings is 2. The Hall–Kier alpha value is 1.36. The van der Waals surface area contributed by atoms with Crippen molar-refractivity contribution < 1.29 is 14.2 Å². The first-order valence-corrected chi connectivity index (χ1v) is 20.0. The summed E-state index contributed by atoms with van der Waals surface area (Å²) in [5.74, 6) is 1.58. The minimum absolute atomic E-state index is 0.000195. The third-order valence-electron chi connectivity index (χ3n) is 6.70. The van der Waals surface area contributed by atoms with Crippen molar-refractivity contribution in [3.05, 3.63) is 53.3 Å². The summed E-state index contributed by atoms with van der Waals surface area (Å²) in [6.07, 6.45) is 8.93. The lowest BCUT2D eigenvalue weighted by atomic mass is 9.78. The lowest BCUT2D eigenvalue weighted by Gasteiger charge is -2.28. The van der Waals surface area contributed by atoms with E-state index in [1.165, 1.54) is 38.5 Å². The van der Waals surface area contributed by atoms with Crippen LogP contribution in [0.4, 0.5) is 0 Å². The Morgan fingerprint density at radius 2 is 1.12 bits per heavy atom. The van der Waals surface area contributed by atoms with Gasteiger partial charge in [0.15, 0.2) is 0 Å². The molecule has 2 aromatic rings. The van der Waals surface area contributed by atoms with E-state index in [1.807, 2.05) is 0 Å². The predicted molar refractivity (Wildman–Crippen MR) is 195 cm³/mol. The zero-order valence-corrected chi connectivity index (χ0v) is 34.4. The topological polar surface area (TPSA) is 27.7 Å². The molecule has 0 bridgehead atoms. The molecular formula is C30H39Br7O3. The predicted octanol–water partition coefficient (Wildman–Crippen LogP) is 12.5. The van der Waals surface area contributed by atoms with Crippen molar-refractivity contribution in [1.82, 2.24) is 0 Å². The smallest absolute Gasteiger partial charge is 0.147 e. The first-order chi connectivity index (χ1) is 19.0. The largest absolute Gasteiger partial charge is 0.490 e. The maximum Gasteiger partial charge on any atom is 0.147 e. The Kier molecular flexibility index (Phi) is 18.5. The quantitative estimate of drug-likeness (QED) is 0.104. The van der Waals surface area contributed by atoms with Gasteiger partial charge in [-0.25, -0.2) is 0 Å². The monoisotopic (exact) mass is 1000 g/mol. The van der Waals surface area contributed by atoms with Crippen LogP contribution in [0.15, 0.2) is 42.2 Å². The van der Waals surface area contributed by atoms with E-state index >= 15 is 0 Å². The van der Waals surface area contributed by atoms with E-state index < -0.39 is 0 Å². The van der Waals surface area contributed by atoms with Crippen molar-refractivity contribution in [1.29, 1.82) is 0 Å². The summed E-state index contributed by atoms with van der Waals surface area (Å²) in [4.78, 5) is 0.235. The second-order valence-electron chi connectivity index (χ2n) is 10.3. The first-order valence-electron chi connectivity index (χ1n) is 13.7. The second kappa shape index (κ2) is 19.7. The third kappa shape index (κ3) is 12.0. The number of alkyl halides is 3. The fraction of sp³-hybridized carbons (Fsp3) is 0.600. The lowest BCUT2D eigenvalue weighted by Crippen LogP contribution is -2.24. The molecule has 0 N–H and O–H groups in total. The van der Waals surface area contributed by atoms with Crippen LogP contribution < -0.4 is 9.47 Å². The van der Waals surface area contributed by atoms with E-state index in [0.29, 0.717) is 13.2 Å². The summed E-state index contributed by atoms with van der Waals surface area (Å²) in [6, 6.07) is 8.54. The standard InChI is InChI=1S/C30H39Br7O3/c1-4-5-6-7-8-9-10-11-38-23(17-32)19-40-29-26(36)14-21(15-27(29)37)30(2,3)20-12-24(34)28(25(35)13-20)39-18-22(33)16-31/h12-15,22-23H,4-11,16-19H2,1-3H3. The molecule has 0 aliphatic rings. The number of hydrogen-bond acceptors (Lipinski definition) is 3. The minimum Gasteiger partial charge on any atom is -0.490 e. The van der Waals surface area contributed by atoms with Gasteiger partial charge in [-0.2, -0.15) is 0 Å². The molecule has 2 rings (SSSR count). The van der Waals surface area contributed by atoms with Crippen LogP contribution in [0.3, 0.4) is 0 Å². The van der Waals surface area contributed by atoms with E-state index in [2.05, 4.69) is 157 Å². The maximum atomic E-state index is 6.24. The molecule has 0 aromatic heterocycles. The molecule has 0 amide bonds. The average Bonchev–Trinajstić information content (AvgIpc) is 2.91. The Balaban J connectivity index is 2.04. The normalized spacial score (nSPS) is 13.3. The Morgan fingerprint density at radius 1 is 0.675 bits per heavy atom. The van der Waals surface area contributed by atoms with Gasteiger partial charge >= 0.3 is 0 Å². The van der Waals surface area contributed by atoms with Gasteiger partial charge in [0.05, 0.1) is 22.7 Å². The third-order valence-corrected chi connectivity index (χ3v) is 12.0. The number of ether oxygens (including phenoxy) is 3. The fourth-order valence-electron chi connectivity index (χ4n) is 4.12. The molecule has 226 valence electrons. The van der Waals surface area contributed by atoms with Gasteiger partial charge in [-0.1, -0.05) is 107 Å². The zero-order valence-electron chi connectivity index (χ0n) is 23.3. The first kappa shape index (κ1) is 37.5. The molecule has 0 aliphatic carbocycles. The molecule has 2 unspecified atom stereocenters. The van der Waals surface area contributed by atoms with Crippen LogP contribution in [0.2, 0.25) is 0 Å². The molecule has 0 saturated carbocycles. The highest BCUT2D eigenvalue weighted by Gasteiger charge is 2.27. The minimum atomic E-state index is -0.279. The van der Waals surface area contributed by atoms with E-state index in [0.717, 1.165) is 64.2 Å². The molecule has 10 heteroatoms. The molecule has 0 spiro atoms. The molecule has 0 saturated heterocycles. The summed E-state index contributed by atoms with van der Waals surface area (Å²) in [5.41, 5.74) is 2.03. The van der Waals surface area contributed by atoms with Crippen LogP contribution in [0.5, 0.6) is 11.5 Å². The highest BCUT2D eigenvalue weighted by Crippen LogP contribution is 2.44.